The molecule has 1 amide bonds. The molecule has 0 saturated carbocycles. The van der Waals surface area contributed by atoms with Gasteiger partial charge in [-0.2, -0.15) is 5.10 Å². The van der Waals surface area contributed by atoms with Crippen LogP contribution in [-0.4, -0.2) is 50.7 Å². The molecule has 2 aromatic heterocycles. The fraction of sp³-hybridized carbons (Fsp3) is 0.625. The fourth-order valence-electron chi connectivity index (χ4n) is 2.60. The average molecular weight is 333 g/mol. The third-order valence-electron chi connectivity index (χ3n) is 4.00. The number of nitrogens with one attached hydrogen (secondary N) is 1. The molecule has 0 aliphatic carbocycles. The summed E-state index contributed by atoms with van der Waals surface area (Å²) < 4.78 is 11.0. The van der Waals surface area contributed by atoms with Crippen molar-refractivity contribution in [1.29, 1.82) is 0 Å². The lowest BCUT2D eigenvalue weighted by Gasteiger charge is -2.31. The number of aromatic nitrogens is 4. The number of carbonyl (C=O) groups is 1. The summed E-state index contributed by atoms with van der Waals surface area (Å²) in [6.45, 7) is 9.46. The zero-order chi connectivity index (χ0) is 17.3. The summed E-state index contributed by atoms with van der Waals surface area (Å²) in [4.78, 5) is 23.0. The first kappa shape index (κ1) is 16.6. The van der Waals surface area contributed by atoms with E-state index in [1.165, 1.54) is 6.39 Å². The molecule has 0 radical (unpaired) electrons. The fourth-order valence-corrected chi connectivity index (χ4v) is 2.60. The topological polar surface area (TPSA) is 97.1 Å². The first-order valence-corrected chi connectivity index (χ1v) is 8.16. The highest BCUT2D eigenvalue weighted by molar-refractivity contribution is 5.93. The van der Waals surface area contributed by atoms with Gasteiger partial charge in [0, 0.05) is 18.4 Å². The lowest BCUT2D eigenvalue weighted by molar-refractivity contribution is -0.0269. The molecule has 1 N–H and O–H groups in total. The molecule has 3 rings (SSSR count). The molecule has 8 heteroatoms. The van der Waals surface area contributed by atoms with Gasteiger partial charge in [-0.3, -0.25) is 9.89 Å². The third kappa shape index (κ3) is 3.19. The summed E-state index contributed by atoms with van der Waals surface area (Å²) in [5, 5.41) is 7.20. The van der Waals surface area contributed by atoms with Crippen molar-refractivity contribution in [2.45, 2.75) is 45.6 Å². The van der Waals surface area contributed by atoms with Gasteiger partial charge in [-0.05, 0) is 0 Å². The van der Waals surface area contributed by atoms with Crippen LogP contribution in [0.2, 0.25) is 0 Å². The normalized spacial score (nSPS) is 18.8. The van der Waals surface area contributed by atoms with Crippen molar-refractivity contribution in [1.82, 2.24) is 25.1 Å². The Balaban J connectivity index is 1.75. The van der Waals surface area contributed by atoms with E-state index in [0.29, 0.717) is 43.4 Å². The van der Waals surface area contributed by atoms with Crippen molar-refractivity contribution in [3.05, 3.63) is 29.5 Å². The van der Waals surface area contributed by atoms with E-state index in [0.717, 1.165) is 5.82 Å². The molecule has 0 aromatic carbocycles. The van der Waals surface area contributed by atoms with Crippen LogP contribution in [0.3, 0.4) is 0 Å². The van der Waals surface area contributed by atoms with Crippen molar-refractivity contribution in [3.63, 3.8) is 0 Å². The van der Waals surface area contributed by atoms with Gasteiger partial charge in [0.1, 0.15) is 11.9 Å². The minimum absolute atomic E-state index is 0.135. The second kappa shape index (κ2) is 6.35. The Bertz CT molecular complexity index is 715. The average Bonchev–Trinajstić information content (AvgIpc) is 3.22. The van der Waals surface area contributed by atoms with E-state index in [2.05, 4.69) is 20.2 Å². The van der Waals surface area contributed by atoms with Crippen molar-refractivity contribution in [2.24, 2.45) is 0 Å². The Morgan fingerprint density at radius 3 is 2.92 bits per heavy atom. The maximum atomic E-state index is 12.7. The Morgan fingerprint density at radius 2 is 2.25 bits per heavy atom. The molecular formula is C16H23N5O3. The third-order valence-corrected chi connectivity index (χ3v) is 4.00. The largest absolute Gasteiger partial charge is 0.448 e. The molecule has 2 aromatic rings. The van der Waals surface area contributed by atoms with E-state index < -0.39 is 0 Å². The summed E-state index contributed by atoms with van der Waals surface area (Å²) >= 11 is 0. The number of oxazole rings is 1. The first-order valence-electron chi connectivity index (χ1n) is 8.16. The van der Waals surface area contributed by atoms with Gasteiger partial charge in [-0.1, -0.05) is 27.7 Å². The van der Waals surface area contributed by atoms with Gasteiger partial charge >= 0.3 is 0 Å². The molecule has 8 nitrogen and oxygen atoms in total. The predicted octanol–water partition coefficient (Wildman–Crippen LogP) is 1.87. The SMILES string of the molecule is CCc1ocnc1C(=O)N1CCOC(c2nc(C(C)(C)C)n[nH]2)C1. The summed E-state index contributed by atoms with van der Waals surface area (Å²) in [6.07, 6.45) is 1.63. The van der Waals surface area contributed by atoms with Gasteiger partial charge in [-0.25, -0.2) is 9.97 Å². The maximum absolute atomic E-state index is 12.7. The van der Waals surface area contributed by atoms with Gasteiger partial charge in [0.15, 0.2) is 23.7 Å². The molecule has 24 heavy (non-hydrogen) atoms. The van der Waals surface area contributed by atoms with Crippen LogP contribution in [-0.2, 0) is 16.6 Å². The Labute approximate surface area is 140 Å². The second-order valence-corrected chi connectivity index (χ2v) is 6.88. The highest BCUT2D eigenvalue weighted by atomic mass is 16.5. The van der Waals surface area contributed by atoms with Crippen molar-refractivity contribution in [3.8, 4) is 0 Å². The predicted molar refractivity (Wildman–Crippen MR) is 85.6 cm³/mol. The molecule has 3 heterocycles. The number of amides is 1. The highest BCUT2D eigenvalue weighted by Gasteiger charge is 2.31. The van der Waals surface area contributed by atoms with Crippen LogP contribution < -0.4 is 0 Å². The van der Waals surface area contributed by atoms with E-state index in [1.54, 1.807) is 4.90 Å². The monoisotopic (exact) mass is 333 g/mol. The molecule has 1 aliphatic rings. The summed E-state index contributed by atoms with van der Waals surface area (Å²) in [5.74, 6) is 1.85. The highest BCUT2D eigenvalue weighted by Crippen LogP contribution is 2.24. The van der Waals surface area contributed by atoms with Crippen LogP contribution in [0.1, 0.15) is 61.7 Å². The van der Waals surface area contributed by atoms with Gasteiger partial charge in [0.2, 0.25) is 0 Å². The Kier molecular flexibility index (Phi) is 4.40. The van der Waals surface area contributed by atoms with Gasteiger partial charge in [-0.15, -0.1) is 0 Å². The molecule has 0 spiro atoms. The minimum atomic E-state index is -0.316. The molecule has 1 saturated heterocycles. The van der Waals surface area contributed by atoms with Crippen LogP contribution in [0.25, 0.3) is 0 Å². The second-order valence-electron chi connectivity index (χ2n) is 6.88. The van der Waals surface area contributed by atoms with Crippen LogP contribution in [0.4, 0.5) is 0 Å². The molecular weight excluding hydrogens is 310 g/mol. The van der Waals surface area contributed by atoms with Crippen molar-refractivity contribution in [2.75, 3.05) is 19.7 Å². The number of rotatable bonds is 3. The van der Waals surface area contributed by atoms with Crippen LogP contribution >= 0.6 is 0 Å². The number of nitrogens with zero attached hydrogens (tertiary/aromatic N) is 4. The zero-order valence-electron chi connectivity index (χ0n) is 14.5. The summed E-state index contributed by atoms with van der Waals surface area (Å²) in [7, 11) is 0. The van der Waals surface area contributed by atoms with Crippen LogP contribution in [0, 0.1) is 0 Å². The molecule has 1 atom stereocenters. The number of morpholine rings is 1. The lowest BCUT2D eigenvalue weighted by atomic mass is 9.96. The van der Waals surface area contributed by atoms with Crippen LogP contribution in [0.15, 0.2) is 10.8 Å². The lowest BCUT2D eigenvalue weighted by Crippen LogP contribution is -2.43. The van der Waals surface area contributed by atoms with E-state index in [-0.39, 0.29) is 17.4 Å². The van der Waals surface area contributed by atoms with Crippen LogP contribution in [0.5, 0.6) is 0 Å². The Hall–Kier alpha value is -2.22. The molecule has 1 unspecified atom stereocenters. The maximum Gasteiger partial charge on any atom is 0.276 e. The minimum Gasteiger partial charge on any atom is -0.448 e. The number of hydrogen-bond acceptors (Lipinski definition) is 6. The summed E-state index contributed by atoms with van der Waals surface area (Å²) in [6, 6.07) is 0. The Morgan fingerprint density at radius 1 is 1.46 bits per heavy atom. The number of carbonyl (C=O) groups excluding carboxylic acids is 1. The van der Waals surface area contributed by atoms with E-state index in [1.807, 2.05) is 27.7 Å². The summed E-state index contributed by atoms with van der Waals surface area (Å²) in [5.41, 5.74) is 0.237. The standard InChI is InChI=1S/C16H23N5O3/c1-5-10-12(17-9-24-10)14(22)21-6-7-23-11(8-21)13-18-15(20-19-13)16(2,3)4/h9,11H,5-8H2,1-4H3,(H,18,19,20). The molecule has 130 valence electrons. The quantitative estimate of drug-likeness (QED) is 0.921. The van der Waals surface area contributed by atoms with Gasteiger partial charge in [0.05, 0.1) is 13.2 Å². The van der Waals surface area contributed by atoms with E-state index >= 15 is 0 Å². The smallest absolute Gasteiger partial charge is 0.276 e. The van der Waals surface area contributed by atoms with E-state index in [9.17, 15) is 4.79 Å². The molecule has 1 fully saturated rings. The molecule has 1 aliphatic heterocycles. The van der Waals surface area contributed by atoms with Crippen molar-refractivity contribution < 1.29 is 13.9 Å². The number of ether oxygens (including phenoxy) is 1. The number of hydrogen-bond donors (Lipinski definition) is 1. The van der Waals surface area contributed by atoms with Crippen molar-refractivity contribution >= 4 is 5.91 Å². The number of aromatic amines is 1. The van der Waals surface area contributed by atoms with Gasteiger partial charge in [0.25, 0.3) is 5.91 Å². The first-order chi connectivity index (χ1) is 11.4. The van der Waals surface area contributed by atoms with Gasteiger partial charge < -0.3 is 14.1 Å². The van der Waals surface area contributed by atoms with E-state index in [4.69, 9.17) is 9.15 Å². The zero-order valence-corrected chi connectivity index (χ0v) is 14.5. The number of aryl methyl sites for hydroxylation is 1. The number of H-pyrrole nitrogens is 1. The molecule has 0 bridgehead atoms.